The number of nitrogens with one attached hydrogen (secondary N) is 2. The van der Waals surface area contributed by atoms with Crippen LogP contribution in [0.5, 0.6) is 17.2 Å². The SMILES string of the molecule is Cc1ccccc1Oc1ccc([C@H](CC(=O)O)NC(=O)Nc2c(O)ccn(C)c2=O)cc1. The molecule has 0 fully saturated rings. The van der Waals surface area contributed by atoms with Gasteiger partial charge in [-0.05, 0) is 42.3 Å². The number of benzene rings is 2. The Hall–Kier alpha value is -4.27. The number of aliphatic carboxylic acids is 1. The van der Waals surface area contributed by atoms with Crippen molar-refractivity contribution >= 4 is 17.7 Å². The Morgan fingerprint density at radius 3 is 2.44 bits per heavy atom. The molecule has 32 heavy (non-hydrogen) atoms. The molecule has 0 spiro atoms. The first kappa shape index (κ1) is 22.4. The predicted molar refractivity (Wildman–Crippen MR) is 118 cm³/mol. The summed E-state index contributed by atoms with van der Waals surface area (Å²) < 4.78 is 7.03. The van der Waals surface area contributed by atoms with Crippen molar-refractivity contribution in [2.75, 3.05) is 5.32 Å². The van der Waals surface area contributed by atoms with Crippen LogP contribution in [0.1, 0.15) is 23.6 Å². The van der Waals surface area contributed by atoms with Crippen molar-refractivity contribution in [2.24, 2.45) is 7.05 Å². The standard InChI is InChI=1S/C23H23N3O6/c1-14-5-3-4-6-19(14)32-16-9-7-15(8-10-16)17(13-20(28)29)24-23(31)25-21-18(27)11-12-26(2)22(21)30/h3-12,17,27H,13H2,1-2H3,(H,28,29)(H2,24,25,31)/t17-/m0/s1. The van der Waals surface area contributed by atoms with Gasteiger partial charge in [0.15, 0.2) is 5.69 Å². The van der Waals surface area contributed by atoms with Crippen molar-refractivity contribution < 1.29 is 24.5 Å². The summed E-state index contributed by atoms with van der Waals surface area (Å²) in [6.07, 6.45) is 0.971. The Labute approximate surface area is 183 Å². The third kappa shape index (κ3) is 5.45. The highest BCUT2D eigenvalue weighted by Gasteiger charge is 2.20. The summed E-state index contributed by atoms with van der Waals surface area (Å²) in [5.74, 6) is -0.256. The van der Waals surface area contributed by atoms with Crippen molar-refractivity contribution in [1.82, 2.24) is 9.88 Å². The lowest BCUT2D eigenvalue weighted by molar-refractivity contribution is -0.137. The van der Waals surface area contributed by atoms with Crippen LogP contribution in [0.3, 0.4) is 0 Å². The molecule has 3 aromatic rings. The van der Waals surface area contributed by atoms with Gasteiger partial charge in [0.1, 0.15) is 17.2 Å². The minimum atomic E-state index is -1.12. The van der Waals surface area contributed by atoms with E-state index in [9.17, 15) is 24.6 Å². The second-order valence-electron chi connectivity index (χ2n) is 7.18. The molecule has 3 rings (SSSR count). The van der Waals surface area contributed by atoms with E-state index in [-0.39, 0.29) is 12.1 Å². The number of hydrogen-bond acceptors (Lipinski definition) is 5. The molecule has 0 saturated heterocycles. The molecule has 166 valence electrons. The lowest BCUT2D eigenvalue weighted by atomic mass is 10.0. The van der Waals surface area contributed by atoms with E-state index in [1.807, 2.05) is 31.2 Å². The van der Waals surface area contributed by atoms with Crippen LogP contribution in [-0.4, -0.2) is 26.8 Å². The molecule has 0 unspecified atom stereocenters. The topological polar surface area (TPSA) is 130 Å². The van der Waals surface area contributed by atoms with Crippen molar-refractivity contribution in [3.05, 3.63) is 82.3 Å². The fraction of sp³-hybridized carbons (Fsp3) is 0.174. The van der Waals surface area contributed by atoms with Gasteiger partial charge in [0.25, 0.3) is 5.56 Å². The largest absolute Gasteiger partial charge is 0.505 e. The molecule has 2 aromatic carbocycles. The van der Waals surface area contributed by atoms with Gasteiger partial charge in [-0.3, -0.25) is 9.59 Å². The van der Waals surface area contributed by atoms with Gasteiger partial charge in [0.2, 0.25) is 0 Å². The third-order valence-electron chi connectivity index (χ3n) is 4.77. The maximum atomic E-state index is 12.4. The highest BCUT2D eigenvalue weighted by molar-refractivity contribution is 5.91. The second-order valence-corrected chi connectivity index (χ2v) is 7.18. The van der Waals surface area contributed by atoms with Crippen LogP contribution >= 0.6 is 0 Å². The first-order valence-corrected chi connectivity index (χ1v) is 9.76. The van der Waals surface area contributed by atoms with E-state index >= 15 is 0 Å². The number of aromatic nitrogens is 1. The van der Waals surface area contributed by atoms with Gasteiger partial charge in [-0.1, -0.05) is 30.3 Å². The second kappa shape index (κ2) is 9.69. The minimum absolute atomic E-state index is 0.302. The number of carbonyl (C=O) groups is 2. The molecule has 4 N–H and O–H groups in total. The average Bonchev–Trinajstić information content (AvgIpc) is 2.75. The first-order valence-electron chi connectivity index (χ1n) is 9.76. The van der Waals surface area contributed by atoms with Crippen molar-refractivity contribution in [3.8, 4) is 17.2 Å². The van der Waals surface area contributed by atoms with Crippen LogP contribution in [0, 0.1) is 6.92 Å². The number of amides is 2. The zero-order valence-electron chi connectivity index (χ0n) is 17.5. The number of aromatic hydroxyl groups is 1. The number of hydrogen-bond donors (Lipinski definition) is 4. The lowest BCUT2D eigenvalue weighted by Gasteiger charge is -2.19. The molecule has 0 saturated carbocycles. The Kier molecular flexibility index (Phi) is 6.79. The fourth-order valence-electron chi connectivity index (χ4n) is 3.04. The zero-order chi connectivity index (χ0) is 23.3. The number of rotatable bonds is 7. The highest BCUT2D eigenvalue weighted by atomic mass is 16.5. The summed E-state index contributed by atoms with van der Waals surface area (Å²) in [6, 6.07) is 13.7. The predicted octanol–water partition coefficient (Wildman–Crippen LogP) is 3.53. The maximum Gasteiger partial charge on any atom is 0.319 e. The van der Waals surface area contributed by atoms with Crippen LogP contribution in [0.4, 0.5) is 10.5 Å². The van der Waals surface area contributed by atoms with Crippen molar-refractivity contribution in [2.45, 2.75) is 19.4 Å². The summed E-state index contributed by atoms with van der Waals surface area (Å²) in [6.45, 7) is 1.92. The van der Waals surface area contributed by atoms with Gasteiger partial charge in [-0.15, -0.1) is 0 Å². The fourth-order valence-corrected chi connectivity index (χ4v) is 3.04. The number of carboxylic acid groups (broad SMARTS) is 1. The van der Waals surface area contributed by atoms with E-state index < -0.39 is 29.4 Å². The van der Waals surface area contributed by atoms with E-state index in [0.717, 1.165) is 5.56 Å². The van der Waals surface area contributed by atoms with Crippen molar-refractivity contribution in [1.29, 1.82) is 0 Å². The van der Waals surface area contributed by atoms with Gasteiger partial charge in [0.05, 0.1) is 12.5 Å². The zero-order valence-corrected chi connectivity index (χ0v) is 17.5. The molecule has 2 amide bonds. The molecule has 0 aliphatic heterocycles. The van der Waals surface area contributed by atoms with Crippen LogP contribution < -0.4 is 20.9 Å². The van der Waals surface area contributed by atoms with E-state index in [4.69, 9.17) is 4.74 Å². The Balaban J connectivity index is 1.76. The van der Waals surface area contributed by atoms with Gasteiger partial charge in [-0.25, -0.2) is 4.79 Å². The Morgan fingerprint density at radius 1 is 1.09 bits per heavy atom. The van der Waals surface area contributed by atoms with E-state index in [1.54, 1.807) is 24.3 Å². The van der Waals surface area contributed by atoms with Crippen molar-refractivity contribution in [3.63, 3.8) is 0 Å². The normalized spacial score (nSPS) is 11.4. The molecular weight excluding hydrogens is 414 g/mol. The summed E-state index contributed by atoms with van der Waals surface area (Å²) in [4.78, 5) is 35.9. The summed E-state index contributed by atoms with van der Waals surface area (Å²) >= 11 is 0. The minimum Gasteiger partial charge on any atom is -0.505 e. The highest BCUT2D eigenvalue weighted by Crippen LogP contribution is 2.27. The van der Waals surface area contributed by atoms with Crippen LogP contribution in [0.25, 0.3) is 0 Å². The van der Waals surface area contributed by atoms with Gasteiger partial charge in [0, 0.05) is 13.2 Å². The number of ether oxygens (including phenoxy) is 1. The first-order chi connectivity index (χ1) is 15.2. The molecule has 1 aromatic heterocycles. The number of para-hydroxylation sites is 1. The van der Waals surface area contributed by atoms with E-state index in [0.29, 0.717) is 17.1 Å². The number of nitrogens with zero attached hydrogens (tertiary/aromatic N) is 1. The van der Waals surface area contributed by atoms with Crippen LogP contribution in [-0.2, 0) is 11.8 Å². The van der Waals surface area contributed by atoms with Crippen LogP contribution in [0.2, 0.25) is 0 Å². The maximum absolute atomic E-state index is 12.4. The number of urea groups is 1. The molecule has 0 bridgehead atoms. The number of aryl methyl sites for hydroxylation is 2. The lowest BCUT2D eigenvalue weighted by Crippen LogP contribution is -2.35. The molecule has 0 aliphatic carbocycles. The number of pyridine rings is 1. The van der Waals surface area contributed by atoms with Gasteiger partial charge >= 0.3 is 12.0 Å². The molecule has 9 heteroatoms. The number of carbonyl (C=O) groups excluding carboxylic acids is 1. The van der Waals surface area contributed by atoms with E-state index in [1.165, 1.54) is 23.9 Å². The molecule has 0 aliphatic rings. The summed E-state index contributed by atoms with van der Waals surface area (Å²) in [5, 5.41) is 24.0. The smallest absolute Gasteiger partial charge is 0.319 e. The monoisotopic (exact) mass is 437 g/mol. The summed E-state index contributed by atoms with van der Waals surface area (Å²) in [7, 11) is 1.47. The van der Waals surface area contributed by atoms with Gasteiger partial charge in [-0.2, -0.15) is 0 Å². The number of carboxylic acids is 1. The molecule has 1 heterocycles. The quantitative estimate of drug-likeness (QED) is 0.447. The molecule has 9 nitrogen and oxygen atoms in total. The molecule has 0 radical (unpaired) electrons. The average molecular weight is 437 g/mol. The third-order valence-corrected chi connectivity index (χ3v) is 4.77. The van der Waals surface area contributed by atoms with Crippen LogP contribution in [0.15, 0.2) is 65.6 Å². The Bertz CT molecular complexity index is 1190. The van der Waals surface area contributed by atoms with E-state index in [2.05, 4.69) is 10.6 Å². The number of anilines is 1. The molecular formula is C23H23N3O6. The van der Waals surface area contributed by atoms with Gasteiger partial charge < -0.3 is 30.2 Å². The summed E-state index contributed by atoms with van der Waals surface area (Å²) in [5.41, 5.74) is 0.593. The molecule has 1 atom stereocenters. The Morgan fingerprint density at radius 2 is 1.78 bits per heavy atom.